The lowest BCUT2D eigenvalue weighted by atomic mass is 10.1. The van der Waals surface area contributed by atoms with Crippen LogP contribution in [0, 0.1) is 11.3 Å². The second-order valence-corrected chi connectivity index (χ2v) is 7.34. The molecule has 0 unspecified atom stereocenters. The molecular weight excluding hydrogens is 446 g/mol. The predicted octanol–water partition coefficient (Wildman–Crippen LogP) is 5.48. The molecule has 0 N–H and O–H groups in total. The fourth-order valence-electron chi connectivity index (χ4n) is 2.13. The van der Waals surface area contributed by atoms with E-state index in [1.54, 1.807) is 6.07 Å². The van der Waals surface area contributed by atoms with E-state index in [9.17, 15) is 14.9 Å². The molecule has 0 atom stereocenters. The third kappa shape index (κ3) is 4.98. The zero-order valence-electron chi connectivity index (χ0n) is 14.6. The average molecular weight is 458 g/mol. The number of carbonyl (C=O) groups excluding carboxylic acids is 2. The maximum absolute atomic E-state index is 12.7. The Balaban J connectivity index is 2.67. The van der Waals surface area contributed by atoms with Gasteiger partial charge in [0.05, 0.1) is 15.6 Å². The SMILES string of the molecule is CN(C)C(=O)/C(C#N)=C(\OC(=O)c1cc(Cl)ccc1Cl)c1cc(Cl)ccc1Cl. The largest absolute Gasteiger partial charge is 0.421 e. The van der Waals surface area contributed by atoms with Crippen LogP contribution >= 0.6 is 46.4 Å². The van der Waals surface area contributed by atoms with Crippen molar-refractivity contribution in [3.8, 4) is 6.07 Å². The number of carbonyl (C=O) groups is 2. The summed E-state index contributed by atoms with van der Waals surface area (Å²) in [6, 6.07) is 10.3. The third-order valence-electron chi connectivity index (χ3n) is 3.48. The summed E-state index contributed by atoms with van der Waals surface area (Å²) in [6.45, 7) is 0. The number of likely N-dealkylation sites (N-methyl/N-ethyl adjacent to an activating group) is 1. The van der Waals surface area contributed by atoms with Crippen molar-refractivity contribution in [2.75, 3.05) is 14.1 Å². The van der Waals surface area contributed by atoms with E-state index in [2.05, 4.69) is 0 Å². The summed E-state index contributed by atoms with van der Waals surface area (Å²) in [5.41, 5.74) is -0.368. The van der Waals surface area contributed by atoms with Gasteiger partial charge in [-0.05, 0) is 36.4 Å². The summed E-state index contributed by atoms with van der Waals surface area (Å²) >= 11 is 24.2. The number of esters is 1. The van der Waals surface area contributed by atoms with Crippen LogP contribution in [-0.2, 0) is 9.53 Å². The summed E-state index contributed by atoms with van der Waals surface area (Å²) in [5, 5.41) is 10.3. The van der Waals surface area contributed by atoms with Gasteiger partial charge in [-0.15, -0.1) is 0 Å². The molecule has 2 aromatic carbocycles. The Labute approximate surface area is 181 Å². The molecular formula is C19H12Cl4N2O3. The Morgan fingerprint density at radius 3 is 1.93 bits per heavy atom. The van der Waals surface area contributed by atoms with Gasteiger partial charge in [-0.1, -0.05) is 46.4 Å². The highest BCUT2D eigenvalue weighted by molar-refractivity contribution is 6.36. The Kier molecular flexibility index (Phi) is 7.34. The highest BCUT2D eigenvalue weighted by atomic mass is 35.5. The first kappa shape index (κ1) is 22.1. The summed E-state index contributed by atoms with van der Waals surface area (Å²) < 4.78 is 5.40. The van der Waals surface area contributed by atoms with Crippen LogP contribution in [0.3, 0.4) is 0 Å². The maximum Gasteiger partial charge on any atom is 0.345 e. The smallest absolute Gasteiger partial charge is 0.345 e. The number of hydrogen-bond acceptors (Lipinski definition) is 4. The number of hydrogen-bond donors (Lipinski definition) is 0. The van der Waals surface area contributed by atoms with E-state index in [0.717, 1.165) is 4.90 Å². The zero-order chi connectivity index (χ0) is 21.0. The standard InChI is InChI=1S/C19H12Cl4N2O3/c1-25(2)18(26)14(9-24)17(12-7-10(20)3-5-15(12)22)28-19(27)13-8-11(21)4-6-16(13)23/h3-8H,1-2H3/b17-14-. The molecule has 0 aliphatic heterocycles. The molecule has 2 rings (SSSR count). The van der Waals surface area contributed by atoms with Crippen molar-refractivity contribution in [3.05, 3.63) is 73.2 Å². The molecule has 0 heterocycles. The van der Waals surface area contributed by atoms with Crippen LogP contribution in [0.1, 0.15) is 15.9 Å². The summed E-state index contributed by atoms with van der Waals surface area (Å²) in [6.07, 6.45) is 0. The number of ether oxygens (including phenoxy) is 1. The molecule has 9 heteroatoms. The van der Waals surface area contributed by atoms with Crippen molar-refractivity contribution in [1.82, 2.24) is 4.90 Å². The molecule has 5 nitrogen and oxygen atoms in total. The first-order chi connectivity index (χ1) is 13.1. The number of rotatable bonds is 4. The zero-order valence-corrected chi connectivity index (χ0v) is 17.6. The fraction of sp³-hybridized carbons (Fsp3) is 0.105. The number of nitrogens with zero attached hydrogens (tertiary/aromatic N) is 2. The van der Waals surface area contributed by atoms with Gasteiger partial charge in [-0.25, -0.2) is 4.79 Å². The molecule has 0 aromatic heterocycles. The normalized spacial score (nSPS) is 11.3. The Bertz CT molecular complexity index is 1030. The van der Waals surface area contributed by atoms with Crippen LogP contribution in [0.5, 0.6) is 0 Å². The summed E-state index contributed by atoms with van der Waals surface area (Å²) in [4.78, 5) is 26.3. The molecule has 0 aliphatic rings. The van der Waals surface area contributed by atoms with Crippen molar-refractivity contribution in [3.63, 3.8) is 0 Å². The molecule has 1 amide bonds. The predicted molar refractivity (Wildman–Crippen MR) is 110 cm³/mol. The Hall–Kier alpha value is -2.23. The Morgan fingerprint density at radius 1 is 0.929 bits per heavy atom. The Morgan fingerprint density at radius 2 is 1.43 bits per heavy atom. The van der Waals surface area contributed by atoms with E-state index < -0.39 is 17.4 Å². The molecule has 0 saturated heterocycles. The lowest BCUT2D eigenvalue weighted by Gasteiger charge is -2.16. The molecule has 0 aliphatic carbocycles. The number of amides is 1. The molecule has 0 fully saturated rings. The van der Waals surface area contributed by atoms with Crippen LogP contribution in [0.2, 0.25) is 20.1 Å². The van der Waals surface area contributed by atoms with Crippen LogP contribution in [0.4, 0.5) is 0 Å². The number of nitriles is 1. The van der Waals surface area contributed by atoms with Crippen LogP contribution < -0.4 is 0 Å². The second-order valence-electron chi connectivity index (χ2n) is 5.65. The summed E-state index contributed by atoms with van der Waals surface area (Å²) in [7, 11) is 2.90. The second kappa shape index (κ2) is 9.31. The monoisotopic (exact) mass is 456 g/mol. The molecule has 0 saturated carbocycles. The van der Waals surface area contributed by atoms with Crippen LogP contribution in [-0.4, -0.2) is 30.9 Å². The van der Waals surface area contributed by atoms with E-state index in [4.69, 9.17) is 51.1 Å². The molecule has 0 bridgehead atoms. The lowest BCUT2D eigenvalue weighted by molar-refractivity contribution is -0.124. The third-order valence-corrected chi connectivity index (χ3v) is 4.60. The minimum absolute atomic E-state index is 0.0422. The molecule has 2 aromatic rings. The van der Waals surface area contributed by atoms with Gasteiger partial charge in [0.2, 0.25) is 0 Å². The van der Waals surface area contributed by atoms with Gasteiger partial charge in [-0.2, -0.15) is 5.26 Å². The quantitative estimate of drug-likeness (QED) is 0.264. The lowest BCUT2D eigenvalue weighted by Crippen LogP contribution is -2.24. The van der Waals surface area contributed by atoms with Crippen molar-refractivity contribution in [1.29, 1.82) is 5.26 Å². The molecule has 144 valence electrons. The van der Waals surface area contributed by atoms with Crippen LogP contribution in [0.25, 0.3) is 5.76 Å². The minimum atomic E-state index is -0.919. The summed E-state index contributed by atoms with van der Waals surface area (Å²) in [5.74, 6) is -1.94. The van der Waals surface area contributed by atoms with E-state index in [0.29, 0.717) is 0 Å². The highest BCUT2D eigenvalue weighted by Gasteiger charge is 2.26. The highest BCUT2D eigenvalue weighted by Crippen LogP contribution is 2.32. The van der Waals surface area contributed by atoms with Crippen molar-refractivity contribution in [2.45, 2.75) is 0 Å². The maximum atomic E-state index is 12.7. The molecule has 28 heavy (non-hydrogen) atoms. The van der Waals surface area contributed by atoms with Gasteiger partial charge < -0.3 is 9.64 Å². The molecule has 0 spiro atoms. The van der Waals surface area contributed by atoms with E-state index in [-0.39, 0.29) is 37.0 Å². The number of halogens is 4. The fourth-order valence-corrected chi connectivity index (χ4v) is 2.88. The first-order valence-electron chi connectivity index (χ1n) is 7.64. The van der Waals surface area contributed by atoms with Gasteiger partial charge in [0.1, 0.15) is 6.07 Å². The molecule has 0 radical (unpaired) electrons. The van der Waals surface area contributed by atoms with Gasteiger partial charge in [-0.3, -0.25) is 4.79 Å². The van der Waals surface area contributed by atoms with Crippen molar-refractivity contribution < 1.29 is 14.3 Å². The first-order valence-corrected chi connectivity index (χ1v) is 9.15. The minimum Gasteiger partial charge on any atom is -0.421 e. The van der Waals surface area contributed by atoms with E-state index in [1.807, 2.05) is 0 Å². The average Bonchev–Trinajstić information content (AvgIpc) is 2.65. The van der Waals surface area contributed by atoms with E-state index in [1.165, 1.54) is 50.5 Å². The van der Waals surface area contributed by atoms with Crippen molar-refractivity contribution >= 4 is 64.0 Å². The van der Waals surface area contributed by atoms with Gasteiger partial charge in [0, 0.05) is 29.7 Å². The van der Waals surface area contributed by atoms with E-state index >= 15 is 0 Å². The van der Waals surface area contributed by atoms with Crippen molar-refractivity contribution in [2.24, 2.45) is 0 Å². The van der Waals surface area contributed by atoms with Gasteiger partial charge >= 0.3 is 5.97 Å². The van der Waals surface area contributed by atoms with Gasteiger partial charge in [0.15, 0.2) is 11.3 Å². The number of benzene rings is 2. The van der Waals surface area contributed by atoms with Gasteiger partial charge in [0.25, 0.3) is 5.91 Å². The van der Waals surface area contributed by atoms with Crippen LogP contribution in [0.15, 0.2) is 42.0 Å². The topological polar surface area (TPSA) is 70.4 Å².